The maximum Gasteiger partial charge on any atom is 0.144 e. The molecule has 0 heterocycles. The van der Waals surface area contributed by atoms with Crippen LogP contribution in [0.15, 0.2) is 0 Å². The van der Waals surface area contributed by atoms with E-state index in [0.29, 0.717) is 0 Å². The highest BCUT2D eigenvalue weighted by atomic mass is 16.3. The fourth-order valence-corrected chi connectivity index (χ4v) is 2.54. The van der Waals surface area contributed by atoms with Crippen molar-refractivity contribution >= 4 is 5.78 Å². The van der Waals surface area contributed by atoms with Crippen molar-refractivity contribution in [3.05, 3.63) is 0 Å². The molecule has 0 amide bonds. The molecule has 62 valence electrons. The number of carbonyl (C=O) groups excluding carboxylic acids is 1. The summed E-state index contributed by atoms with van der Waals surface area (Å²) in [4.78, 5) is 11.2. The van der Waals surface area contributed by atoms with Crippen LogP contribution in [0.25, 0.3) is 0 Å². The van der Waals surface area contributed by atoms with Crippen LogP contribution in [-0.4, -0.2) is 16.5 Å². The predicted molar refractivity (Wildman–Crippen MR) is 41.1 cm³/mol. The molecule has 2 nitrogen and oxygen atoms in total. The van der Waals surface area contributed by atoms with Gasteiger partial charge in [0.2, 0.25) is 0 Å². The lowest BCUT2D eigenvalue weighted by molar-refractivity contribution is -0.183. The van der Waals surface area contributed by atoms with Crippen molar-refractivity contribution in [1.82, 2.24) is 0 Å². The van der Waals surface area contributed by atoms with Gasteiger partial charge in [0.1, 0.15) is 5.78 Å². The highest BCUT2D eigenvalue weighted by Crippen LogP contribution is 2.49. The molecule has 1 N–H and O–H groups in total. The summed E-state index contributed by atoms with van der Waals surface area (Å²) in [5, 5.41) is 9.95. The maximum absolute atomic E-state index is 11.2. The molecule has 2 fully saturated rings. The smallest absolute Gasteiger partial charge is 0.144 e. The largest absolute Gasteiger partial charge is 0.388 e. The minimum atomic E-state index is -0.602. The highest BCUT2D eigenvalue weighted by Gasteiger charge is 2.58. The van der Waals surface area contributed by atoms with Crippen molar-refractivity contribution in [2.75, 3.05) is 0 Å². The molecule has 2 heteroatoms. The number of rotatable bonds is 0. The van der Waals surface area contributed by atoms with E-state index in [1.165, 1.54) is 0 Å². The van der Waals surface area contributed by atoms with E-state index in [1.54, 1.807) is 0 Å². The Bertz CT molecular complexity index is 200. The zero-order chi connectivity index (χ0) is 8.06. The number of ketones is 1. The number of aliphatic hydroxyl groups is 1. The van der Waals surface area contributed by atoms with Crippen LogP contribution in [0, 0.1) is 11.8 Å². The molecule has 2 aliphatic rings. The number of carbonyl (C=O) groups is 1. The van der Waals surface area contributed by atoms with Crippen LogP contribution in [0.1, 0.15) is 32.6 Å². The molecule has 3 atom stereocenters. The van der Waals surface area contributed by atoms with Crippen LogP contribution in [0.4, 0.5) is 0 Å². The van der Waals surface area contributed by atoms with E-state index >= 15 is 0 Å². The Morgan fingerprint density at radius 1 is 1.55 bits per heavy atom. The van der Waals surface area contributed by atoms with Crippen LogP contribution in [0.5, 0.6) is 0 Å². The summed E-state index contributed by atoms with van der Waals surface area (Å²) in [6.45, 7) is 1.85. The average Bonchev–Trinajstić information content (AvgIpc) is 2.04. The van der Waals surface area contributed by atoms with E-state index in [9.17, 15) is 9.90 Å². The average molecular weight is 154 g/mol. The van der Waals surface area contributed by atoms with Crippen LogP contribution in [-0.2, 0) is 4.79 Å². The lowest BCUT2D eigenvalue weighted by Crippen LogP contribution is -2.63. The molecule has 0 bridgehead atoms. The number of hydrogen-bond donors (Lipinski definition) is 1. The monoisotopic (exact) mass is 154 g/mol. The SMILES string of the molecule is CC1C(=O)C2CCCCC12O. The maximum atomic E-state index is 11.2. The Hall–Kier alpha value is -0.370. The van der Waals surface area contributed by atoms with Crippen LogP contribution in [0.2, 0.25) is 0 Å². The minimum absolute atomic E-state index is 0.00810. The van der Waals surface area contributed by atoms with E-state index in [2.05, 4.69) is 0 Å². The van der Waals surface area contributed by atoms with Gasteiger partial charge in [-0.2, -0.15) is 0 Å². The molecule has 0 saturated heterocycles. The molecule has 0 aromatic heterocycles. The molecule has 3 unspecified atom stereocenters. The van der Waals surface area contributed by atoms with Gasteiger partial charge < -0.3 is 5.11 Å². The first-order valence-corrected chi connectivity index (χ1v) is 4.42. The normalized spacial score (nSPS) is 49.8. The van der Waals surface area contributed by atoms with E-state index in [4.69, 9.17) is 0 Å². The summed E-state index contributed by atoms with van der Waals surface area (Å²) in [5.74, 6) is 0.186. The van der Waals surface area contributed by atoms with Crippen molar-refractivity contribution in [3.63, 3.8) is 0 Å². The van der Waals surface area contributed by atoms with Gasteiger partial charge in [0.25, 0.3) is 0 Å². The van der Waals surface area contributed by atoms with Gasteiger partial charge in [-0.05, 0) is 12.8 Å². The Labute approximate surface area is 66.6 Å². The summed E-state index contributed by atoms with van der Waals surface area (Å²) >= 11 is 0. The Kier molecular flexibility index (Phi) is 1.37. The fourth-order valence-electron chi connectivity index (χ4n) is 2.54. The summed E-state index contributed by atoms with van der Waals surface area (Å²) in [6.07, 6.45) is 3.96. The van der Waals surface area contributed by atoms with Crippen molar-refractivity contribution in [2.45, 2.75) is 38.2 Å². The zero-order valence-electron chi connectivity index (χ0n) is 6.84. The number of hydrogen-bond acceptors (Lipinski definition) is 2. The van der Waals surface area contributed by atoms with E-state index in [0.717, 1.165) is 25.7 Å². The highest BCUT2D eigenvalue weighted by molar-refractivity contribution is 5.92. The van der Waals surface area contributed by atoms with E-state index in [1.807, 2.05) is 6.92 Å². The zero-order valence-corrected chi connectivity index (χ0v) is 6.84. The van der Waals surface area contributed by atoms with Gasteiger partial charge in [-0.1, -0.05) is 19.8 Å². The predicted octanol–water partition coefficient (Wildman–Crippen LogP) is 1.13. The van der Waals surface area contributed by atoms with Crippen molar-refractivity contribution < 1.29 is 9.90 Å². The van der Waals surface area contributed by atoms with Gasteiger partial charge in [-0.25, -0.2) is 0 Å². The molecule has 2 aliphatic carbocycles. The molecule has 0 aromatic rings. The third-order valence-corrected chi connectivity index (χ3v) is 3.44. The molecule has 0 spiro atoms. The topological polar surface area (TPSA) is 37.3 Å². The number of Topliss-reactive ketones (excluding diaryl/α,β-unsaturated/α-hetero) is 1. The molecule has 11 heavy (non-hydrogen) atoms. The van der Waals surface area contributed by atoms with Crippen LogP contribution < -0.4 is 0 Å². The van der Waals surface area contributed by atoms with E-state index in [-0.39, 0.29) is 17.6 Å². The Morgan fingerprint density at radius 3 is 2.91 bits per heavy atom. The molecule has 2 rings (SSSR count). The summed E-state index contributed by atoms with van der Waals surface area (Å²) in [5.41, 5.74) is -0.602. The standard InChI is InChI=1S/C9H14O2/c1-6-8(10)7-4-2-3-5-9(6,7)11/h6-7,11H,2-5H2,1H3. The van der Waals surface area contributed by atoms with Gasteiger partial charge in [0, 0.05) is 11.8 Å². The first-order valence-electron chi connectivity index (χ1n) is 4.42. The second-order valence-electron chi connectivity index (χ2n) is 3.91. The number of fused-ring (bicyclic) bond motifs is 1. The van der Waals surface area contributed by atoms with Gasteiger partial charge in [0.05, 0.1) is 5.60 Å². The minimum Gasteiger partial charge on any atom is -0.388 e. The quantitative estimate of drug-likeness (QED) is 0.568. The lowest BCUT2D eigenvalue weighted by atomic mass is 9.55. The Balaban J connectivity index is 2.19. The fraction of sp³-hybridized carbons (Fsp3) is 0.889. The molecular weight excluding hydrogens is 140 g/mol. The van der Waals surface area contributed by atoms with E-state index < -0.39 is 5.60 Å². The first-order chi connectivity index (χ1) is 5.16. The second-order valence-corrected chi connectivity index (χ2v) is 3.91. The van der Waals surface area contributed by atoms with Gasteiger partial charge in [-0.15, -0.1) is 0 Å². The van der Waals surface area contributed by atoms with Crippen molar-refractivity contribution in [3.8, 4) is 0 Å². The van der Waals surface area contributed by atoms with Crippen LogP contribution >= 0.6 is 0 Å². The van der Waals surface area contributed by atoms with Gasteiger partial charge >= 0.3 is 0 Å². The molecule has 2 saturated carbocycles. The third-order valence-electron chi connectivity index (χ3n) is 3.44. The van der Waals surface area contributed by atoms with Crippen LogP contribution in [0.3, 0.4) is 0 Å². The van der Waals surface area contributed by atoms with Gasteiger partial charge in [0.15, 0.2) is 0 Å². The molecular formula is C9H14O2. The van der Waals surface area contributed by atoms with Crippen molar-refractivity contribution in [2.24, 2.45) is 11.8 Å². The Morgan fingerprint density at radius 2 is 2.27 bits per heavy atom. The second kappa shape index (κ2) is 2.07. The van der Waals surface area contributed by atoms with Crippen molar-refractivity contribution in [1.29, 1.82) is 0 Å². The lowest BCUT2D eigenvalue weighted by Gasteiger charge is -2.52. The summed E-state index contributed by atoms with van der Waals surface area (Å²) in [7, 11) is 0. The molecule has 0 radical (unpaired) electrons. The summed E-state index contributed by atoms with van der Waals surface area (Å²) < 4.78 is 0. The molecule has 0 aliphatic heterocycles. The van der Waals surface area contributed by atoms with Gasteiger partial charge in [-0.3, -0.25) is 4.79 Å². The molecule has 0 aromatic carbocycles. The first kappa shape index (κ1) is 7.29. The third kappa shape index (κ3) is 0.734. The summed E-state index contributed by atoms with van der Waals surface area (Å²) in [6, 6.07) is 0.